The first kappa shape index (κ1) is 20.8. The van der Waals surface area contributed by atoms with Gasteiger partial charge in [-0.3, -0.25) is 19.4 Å². The minimum absolute atomic E-state index is 0.00410. The van der Waals surface area contributed by atoms with Crippen LogP contribution in [-0.4, -0.2) is 36.8 Å². The van der Waals surface area contributed by atoms with Crippen molar-refractivity contribution in [2.45, 2.75) is 43.9 Å². The number of halogens is 1. The Hall–Kier alpha value is -2.03. The zero-order valence-electron chi connectivity index (χ0n) is 17.1. The van der Waals surface area contributed by atoms with Crippen LogP contribution in [0.3, 0.4) is 0 Å². The predicted octanol–water partition coefficient (Wildman–Crippen LogP) is 4.77. The molecule has 2 atom stereocenters. The lowest BCUT2D eigenvalue weighted by molar-refractivity contribution is -0.143. The maximum Gasteiger partial charge on any atom is 0.252 e. The molecule has 1 aliphatic carbocycles. The van der Waals surface area contributed by atoms with E-state index in [-0.39, 0.29) is 23.1 Å². The quantitative estimate of drug-likeness (QED) is 0.591. The van der Waals surface area contributed by atoms with Crippen LogP contribution in [0.5, 0.6) is 0 Å². The molecule has 1 saturated carbocycles. The molecule has 0 bridgehead atoms. The number of hydrogen-bond acceptors (Lipinski definition) is 5. The van der Waals surface area contributed by atoms with Crippen molar-refractivity contribution >= 4 is 51.5 Å². The first-order valence-electron chi connectivity index (χ1n) is 10.4. The van der Waals surface area contributed by atoms with E-state index in [9.17, 15) is 9.59 Å². The van der Waals surface area contributed by atoms with Crippen molar-refractivity contribution in [2.75, 3.05) is 5.75 Å². The van der Waals surface area contributed by atoms with E-state index in [2.05, 4.69) is 17.3 Å². The van der Waals surface area contributed by atoms with Crippen LogP contribution in [0.2, 0.25) is 5.02 Å². The Bertz CT molecular complexity index is 1140. The summed E-state index contributed by atoms with van der Waals surface area (Å²) in [7, 11) is 0. The number of imidazole rings is 1. The van der Waals surface area contributed by atoms with E-state index in [1.54, 1.807) is 16.8 Å². The Balaban J connectivity index is 1.33. The van der Waals surface area contributed by atoms with Crippen molar-refractivity contribution in [3.8, 4) is 11.3 Å². The Morgan fingerprint density at radius 2 is 2.16 bits per heavy atom. The highest BCUT2D eigenvalue weighted by Gasteiger charge is 2.49. The number of thiazole rings is 1. The van der Waals surface area contributed by atoms with Gasteiger partial charge >= 0.3 is 0 Å². The van der Waals surface area contributed by atoms with E-state index < -0.39 is 0 Å². The first-order valence-corrected chi connectivity index (χ1v) is 12.7. The van der Waals surface area contributed by atoms with Crippen LogP contribution < -0.4 is 5.43 Å². The molecule has 1 aromatic carbocycles. The number of aromatic nitrogens is 2. The number of thioether (sulfide) groups is 1. The summed E-state index contributed by atoms with van der Waals surface area (Å²) in [5, 5.41) is 4.26. The molecule has 9 heteroatoms. The number of nitrogens with one attached hydrogen (secondary N) is 1. The monoisotopic (exact) mass is 474 g/mol. The number of benzene rings is 1. The molecule has 1 saturated heterocycles. The van der Waals surface area contributed by atoms with Crippen molar-refractivity contribution in [3.63, 3.8) is 0 Å². The van der Waals surface area contributed by atoms with Crippen molar-refractivity contribution in [1.29, 1.82) is 0 Å². The molecule has 2 aromatic heterocycles. The number of carbonyl (C=O) groups is 2. The third kappa shape index (κ3) is 3.97. The molecule has 31 heavy (non-hydrogen) atoms. The summed E-state index contributed by atoms with van der Waals surface area (Å²) in [5.41, 5.74) is 5.61. The van der Waals surface area contributed by atoms with Crippen molar-refractivity contribution in [1.82, 2.24) is 19.8 Å². The minimum Gasteiger partial charge on any atom is -0.294 e. The summed E-state index contributed by atoms with van der Waals surface area (Å²) in [6.07, 6.45) is 6.26. The highest BCUT2D eigenvalue weighted by Crippen LogP contribution is 2.47. The second kappa shape index (κ2) is 8.15. The highest BCUT2D eigenvalue weighted by molar-refractivity contribution is 8.01. The van der Waals surface area contributed by atoms with Crippen LogP contribution >= 0.6 is 34.7 Å². The molecule has 6 nitrogen and oxygen atoms in total. The van der Waals surface area contributed by atoms with Crippen molar-refractivity contribution in [2.24, 2.45) is 5.92 Å². The topological polar surface area (TPSA) is 66.7 Å². The fourth-order valence-electron chi connectivity index (χ4n) is 4.57. The lowest BCUT2D eigenvalue weighted by Gasteiger charge is -2.42. The van der Waals surface area contributed by atoms with Crippen molar-refractivity contribution in [3.05, 3.63) is 46.6 Å². The SMILES string of the molecule is CC1CCCC2(C1)SCC(=O)N2NC(=O)Cc1csc2nc(-c3ccc(Cl)cc3)cn12. The van der Waals surface area contributed by atoms with E-state index in [4.69, 9.17) is 11.6 Å². The smallest absolute Gasteiger partial charge is 0.252 e. The second-order valence-electron chi connectivity index (χ2n) is 8.39. The van der Waals surface area contributed by atoms with Crippen molar-refractivity contribution < 1.29 is 9.59 Å². The van der Waals surface area contributed by atoms with Gasteiger partial charge in [-0.1, -0.05) is 37.1 Å². The molecule has 2 amide bonds. The summed E-state index contributed by atoms with van der Waals surface area (Å²) >= 11 is 9.16. The predicted molar refractivity (Wildman–Crippen MR) is 125 cm³/mol. The van der Waals surface area contributed by atoms with Crippen LogP contribution in [0.4, 0.5) is 0 Å². The number of hydrogen-bond donors (Lipinski definition) is 1. The Morgan fingerprint density at radius 1 is 1.35 bits per heavy atom. The van der Waals surface area contributed by atoms with Gasteiger partial charge in [0.2, 0.25) is 5.91 Å². The summed E-state index contributed by atoms with van der Waals surface area (Å²) in [4.78, 5) is 30.7. The largest absolute Gasteiger partial charge is 0.294 e. The van der Waals surface area contributed by atoms with Gasteiger partial charge < -0.3 is 0 Å². The van der Waals surface area contributed by atoms with Gasteiger partial charge in [0.05, 0.1) is 17.9 Å². The molecule has 2 fully saturated rings. The van der Waals surface area contributed by atoms with Gasteiger partial charge in [0, 0.05) is 27.9 Å². The van der Waals surface area contributed by atoms with E-state index in [0.717, 1.165) is 41.2 Å². The Kier molecular flexibility index (Phi) is 5.48. The third-order valence-corrected chi connectivity index (χ3v) is 8.68. The van der Waals surface area contributed by atoms with Gasteiger partial charge in [-0.25, -0.2) is 9.99 Å². The number of fused-ring (bicyclic) bond motifs is 1. The average molecular weight is 475 g/mol. The number of rotatable bonds is 4. The summed E-state index contributed by atoms with van der Waals surface area (Å²) in [6, 6.07) is 7.54. The second-order valence-corrected chi connectivity index (χ2v) is 11.0. The molecular weight excluding hydrogens is 452 g/mol. The Labute approximate surface area is 193 Å². The molecule has 3 aromatic rings. The van der Waals surface area contributed by atoms with E-state index >= 15 is 0 Å². The molecule has 2 aliphatic rings. The maximum atomic E-state index is 12.9. The average Bonchev–Trinajstić information content (AvgIpc) is 3.40. The molecule has 3 heterocycles. The fraction of sp³-hybridized carbons (Fsp3) is 0.409. The molecule has 0 radical (unpaired) electrons. The molecule has 162 valence electrons. The third-order valence-electron chi connectivity index (χ3n) is 6.05. The number of carbonyl (C=O) groups excluding carboxylic acids is 2. The van der Waals surface area contributed by atoms with Gasteiger partial charge in [0.15, 0.2) is 4.96 Å². The lowest BCUT2D eigenvalue weighted by atomic mass is 9.86. The lowest BCUT2D eigenvalue weighted by Crippen LogP contribution is -2.56. The molecule has 2 unspecified atom stereocenters. The van der Waals surface area contributed by atoms with E-state index in [1.165, 1.54) is 17.8 Å². The van der Waals surface area contributed by atoms with Crippen LogP contribution in [0.25, 0.3) is 16.2 Å². The normalized spacial score (nSPS) is 23.7. The van der Waals surface area contributed by atoms with Gasteiger partial charge in [0.1, 0.15) is 4.87 Å². The zero-order chi connectivity index (χ0) is 21.6. The van der Waals surface area contributed by atoms with Crippen LogP contribution in [0, 0.1) is 5.92 Å². The number of amides is 2. The highest BCUT2D eigenvalue weighted by atomic mass is 35.5. The van der Waals surface area contributed by atoms with Gasteiger partial charge in [-0.2, -0.15) is 0 Å². The fourth-order valence-corrected chi connectivity index (χ4v) is 7.06. The summed E-state index contributed by atoms with van der Waals surface area (Å²) in [5.74, 6) is 0.813. The number of nitrogens with zero attached hydrogens (tertiary/aromatic N) is 3. The van der Waals surface area contributed by atoms with Crippen LogP contribution in [-0.2, 0) is 16.0 Å². The van der Waals surface area contributed by atoms with E-state index in [0.29, 0.717) is 16.7 Å². The minimum atomic E-state index is -0.287. The molecule has 5 rings (SSSR count). The van der Waals surface area contributed by atoms with Crippen LogP contribution in [0.15, 0.2) is 35.8 Å². The number of hydrazine groups is 1. The molecular formula is C22H23ClN4O2S2. The Morgan fingerprint density at radius 3 is 2.94 bits per heavy atom. The molecule has 1 spiro atoms. The van der Waals surface area contributed by atoms with Crippen LogP contribution in [0.1, 0.15) is 38.3 Å². The van der Waals surface area contributed by atoms with E-state index in [1.807, 2.05) is 40.2 Å². The molecule has 1 N–H and O–H groups in total. The van der Waals surface area contributed by atoms with Gasteiger partial charge in [-0.15, -0.1) is 23.1 Å². The standard InChI is InChI=1S/C22H23ClN4O2S2/c1-14-3-2-8-22(10-14)27(20(29)13-31-22)25-19(28)9-17-12-30-21-24-18(11-26(17)21)15-4-6-16(23)7-5-15/h4-7,11-12,14H,2-3,8-10,13H2,1H3,(H,25,28). The van der Waals surface area contributed by atoms with Gasteiger partial charge in [0.25, 0.3) is 5.91 Å². The maximum absolute atomic E-state index is 12.9. The summed E-state index contributed by atoms with van der Waals surface area (Å²) in [6.45, 7) is 2.23. The molecule has 1 aliphatic heterocycles. The zero-order valence-corrected chi connectivity index (χ0v) is 19.5. The first-order chi connectivity index (χ1) is 14.9. The summed E-state index contributed by atoms with van der Waals surface area (Å²) < 4.78 is 1.95. The van der Waals surface area contributed by atoms with Gasteiger partial charge in [-0.05, 0) is 37.3 Å².